The number of fused-ring (bicyclic) bond motifs is 1. The van der Waals surface area contributed by atoms with Gasteiger partial charge < -0.3 is 10.1 Å². The number of ether oxygens (including phenoxy) is 1. The SMILES string of the molecule is C#CCOc1ccc(Br)cc1CNC1CCc2nc(CC)nn2C1. The van der Waals surface area contributed by atoms with Crippen molar-refractivity contribution < 1.29 is 4.74 Å². The van der Waals surface area contributed by atoms with Crippen LogP contribution in [0.1, 0.15) is 30.6 Å². The van der Waals surface area contributed by atoms with E-state index < -0.39 is 0 Å². The zero-order valence-electron chi connectivity index (χ0n) is 13.8. The highest BCUT2D eigenvalue weighted by Gasteiger charge is 2.21. The number of hydrogen-bond acceptors (Lipinski definition) is 4. The summed E-state index contributed by atoms with van der Waals surface area (Å²) < 4.78 is 8.70. The Hall–Kier alpha value is -1.84. The zero-order chi connectivity index (χ0) is 16.9. The molecular weight excluding hydrogens is 368 g/mol. The zero-order valence-corrected chi connectivity index (χ0v) is 15.3. The van der Waals surface area contributed by atoms with E-state index in [1.807, 2.05) is 16.8 Å². The summed E-state index contributed by atoms with van der Waals surface area (Å²) in [7, 11) is 0. The Balaban J connectivity index is 1.64. The van der Waals surface area contributed by atoms with Gasteiger partial charge in [-0.05, 0) is 24.6 Å². The predicted molar refractivity (Wildman–Crippen MR) is 96.8 cm³/mol. The van der Waals surface area contributed by atoms with Crippen LogP contribution >= 0.6 is 15.9 Å². The van der Waals surface area contributed by atoms with Gasteiger partial charge in [-0.2, -0.15) is 5.10 Å². The van der Waals surface area contributed by atoms with Gasteiger partial charge in [0.25, 0.3) is 0 Å². The fourth-order valence-electron chi connectivity index (χ4n) is 2.88. The monoisotopic (exact) mass is 388 g/mol. The molecule has 1 aliphatic heterocycles. The molecule has 0 radical (unpaired) electrons. The van der Waals surface area contributed by atoms with Crippen LogP contribution < -0.4 is 10.1 Å². The van der Waals surface area contributed by atoms with Crippen molar-refractivity contribution in [2.45, 2.75) is 45.3 Å². The van der Waals surface area contributed by atoms with Crippen LogP contribution in [0.15, 0.2) is 22.7 Å². The number of nitrogens with one attached hydrogen (secondary N) is 1. The van der Waals surface area contributed by atoms with E-state index in [4.69, 9.17) is 11.2 Å². The summed E-state index contributed by atoms with van der Waals surface area (Å²) in [5.41, 5.74) is 1.10. The number of aromatic nitrogens is 3. The summed E-state index contributed by atoms with van der Waals surface area (Å²) in [6, 6.07) is 6.35. The van der Waals surface area contributed by atoms with Crippen LogP contribution in [0, 0.1) is 12.3 Å². The van der Waals surface area contributed by atoms with Crippen molar-refractivity contribution in [2.24, 2.45) is 0 Å². The molecule has 126 valence electrons. The first-order valence-electron chi connectivity index (χ1n) is 8.20. The Bertz CT molecular complexity index is 750. The minimum atomic E-state index is 0.278. The lowest BCUT2D eigenvalue weighted by molar-refractivity contribution is 0.345. The minimum Gasteiger partial charge on any atom is -0.481 e. The van der Waals surface area contributed by atoms with Gasteiger partial charge in [0.05, 0.1) is 6.54 Å². The van der Waals surface area contributed by atoms with Crippen molar-refractivity contribution in [3.63, 3.8) is 0 Å². The van der Waals surface area contributed by atoms with Crippen LogP contribution in [0.3, 0.4) is 0 Å². The molecule has 3 rings (SSSR count). The summed E-state index contributed by atoms with van der Waals surface area (Å²) in [6.45, 7) is 3.95. The first-order valence-corrected chi connectivity index (χ1v) is 8.99. The second-order valence-electron chi connectivity index (χ2n) is 5.84. The summed E-state index contributed by atoms with van der Waals surface area (Å²) in [5, 5.41) is 8.17. The molecule has 0 saturated heterocycles. The molecule has 0 amide bonds. The van der Waals surface area contributed by atoms with E-state index in [-0.39, 0.29) is 6.61 Å². The number of hydrogen-bond donors (Lipinski definition) is 1. The van der Waals surface area contributed by atoms with E-state index in [2.05, 4.69) is 50.2 Å². The first-order chi connectivity index (χ1) is 11.7. The largest absolute Gasteiger partial charge is 0.481 e. The summed E-state index contributed by atoms with van der Waals surface area (Å²) in [4.78, 5) is 4.56. The molecule has 1 N–H and O–H groups in total. The molecule has 2 heterocycles. The van der Waals surface area contributed by atoms with Crippen LogP contribution in [0.2, 0.25) is 0 Å². The first kappa shape index (κ1) is 17.0. The Kier molecular flexibility index (Phi) is 5.54. The summed E-state index contributed by atoms with van der Waals surface area (Å²) in [5.74, 6) is 5.37. The number of aryl methyl sites for hydroxylation is 2. The Morgan fingerprint density at radius 2 is 2.38 bits per heavy atom. The highest BCUT2D eigenvalue weighted by Crippen LogP contribution is 2.24. The van der Waals surface area contributed by atoms with Gasteiger partial charge in [-0.3, -0.25) is 0 Å². The molecule has 0 saturated carbocycles. The smallest absolute Gasteiger partial charge is 0.150 e. The molecule has 1 atom stereocenters. The Morgan fingerprint density at radius 1 is 1.50 bits per heavy atom. The molecule has 0 fully saturated rings. The van der Waals surface area contributed by atoms with E-state index in [1.54, 1.807) is 0 Å². The molecule has 1 aromatic heterocycles. The lowest BCUT2D eigenvalue weighted by atomic mass is 10.1. The second kappa shape index (κ2) is 7.82. The number of halogens is 1. The number of nitrogens with zero attached hydrogens (tertiary/aromatic N) is 3. The van der Waals surface area contributed by atoms with Crippen LogP contribution in [0.4, 0.5) is 0 Å². The standard InChI is InChI=1S/C18H21BrN4O/c1-3-9-24-16-7-5-14(19)10-13(16)11-20-15-6-8-18-21-17(4-2)22-23(18)12-15/h1,5,7,10,15,20H,4,6,8-9,11-12H2,2H3. The van der Waals surface area contributed by atoms with Crippen LogP contribution in [0.5, 0.6) is 5.75 Å². The molecule has 0 bridgehead atoms. The van der Waals surface area contributed by atoms with Gasteiger partial charge in [0.15, 0.2) is 5.82 Å². The molecule has 0 spiro atoms. The number of benzene rings is 1. The lowest BCUT2D eigenvalue weighted by Gasteiger charge is -2.24. The lowest BCUT2D eigenvalue weighted by Crippen LogP contribution is -2.37. The maximum atomic E-state index is 5.63. The van der Waals surface area contributed by atoms with E-state index in [9.17, 15) is 0 Å². The maximum absolute atomic E-state index is 5.63. The molecule has 1 unspecified atom stereocenters. The third-order valence-electron chi connectivity index (χ3n) is 4.13. The highest BCUT2D eigenvalue weighted by atomic mass is 79.9. The fraction of sp³-hybridized carbons (Fsp3) is 0.444. The summed E-state index contributed by atoms with van der Waals surface area (Å²) in [6.07, 6.45) is 8.20. The van der Waals surface area contributed by atoms with Crippen molar-refractivity contribution in [1.29, 1.82) is 0 Å². The van der Waals surface area contributed by atoms with Crippen molar-refractivity contribution in [1.82, 2.24) is 20.1 Å². The molecule has 1 aromatic carbocycles. The van der Waals surface area contributed by atoms with Crippen LogP contribution in [0.25, 0.3) is 0 Å². The molecule has 2 aromatic rings. The second-order valence-corrected chi connectivity index (χ2v) is 6.76. The molecule has 24 heavy (non-hydrogen) atoms. The van der Waals surface area contributed by atoms with Gasteiger partial charge in [0, 0.05) is 35.5 Å². The maximum Gasteiger partial charge on any atom is 0.150 e. The van der Waals surface area contributed by atoms with Crippen LogP contribution in [-0.4, -0.2) is 27.4 Å². The third-order valence-corrected chi connectivity index (χ3v) is 4.63. The highest BCUT2D eigenvalue weighted by molar-refractivity contribution is 9.10. The van der Waals surface area contributed by atoms with E-state index in [0.29, 0.717) is 6.04 Å². The van der Waals surface area contributed by atoms with Crippen molar-refractivity contribution >= 4 is 15.9 Å². The normalized spacial score (nSPS) is 16.5. The van der Waals surface area contributed by atoms with E-state index in [1.165, 1.54) is 0 Å². The van der Waals surface area contributed by atoms with Gasteiger partial charge in [-0.15, -0.1) is 6.42 Å². The van der Waals surface area contributed by atoms with Gasteiger partial charge in [0.1, 0.15) is 18.2 Å². The van der Waals surface area contributed by atoms with Crippen LogP contribution in [-0.2, 0) is 25.9 Å². The van der Waals surface area contributed by atoms with Crippen molar-refractivity contribution in [3.05, 3.63) is 39.9 Å². The quantitative estimate of drug-likeness (QED) is 0.772. The van der Waals surface area contributed by atoms with E-state index >= 15 is 0 Å². The topological polar surface area (TPSA) is 52.0 Å². The van der Waals surface area contributed by atoms with Crippen molar-refractivity contribution in [3.8, 4) is 18.1 Å². The molecule has 0 aliphatic carbocycles. The van der Waals surface area contributed by atoms with Gasteiger partial charge in [0.2, 0.25) is 0 Å². The molecular formula is C18H21BrN4O. The fourth-order valence-corrected chi connectivity index (χ4v) is 3.29. The van der Waals surface area contributed by atoms with Gasteiger partial charge in [-0.1, -0.05) is 28.8 Å². The van der Waals surface area contributed by atoms with Gasteiger partial charge >= 0.3 is 0 Å². The summed E-state index contributed by atoms with van der Waals surface area (Å²) >= 11 is 3.52. The molecule has 5 nitrogen and oxygen atoms in total. The number of terminal acetylenes is 1. The Labute approximate surface area is 150 Å². The predicted octanol–water partition coefficient (Wildman–Crippen LogP) is 2.72. The van der Waals surface area contributed by atoms with E-state index in [0.717, 1.165) is 59.8 Å². The molecule has 1 aliphatic rings. The average Bonchev–Trinajstić information content (AvgIpc) is 3.01. The Morgan fingerprint density at radius 3 is 3.17 bits per heavy atom. The minimum absolute atomic E-state index is 0.278. The third kappa shape index (κ3) is 3.97. The van der Waals surface area contributed by atoms with Gasteiger partial charge in [-0.25, -0.2) is 9.67 Å². The average molecular weight is 389 g/mol. The molecule has 6 heteroatoms. The van der Waals surface area contributed by atoms with Crippen molar-refractivity contribution in [2.75, 3.05) is 6.61 Å². The number of rotatable bonds is 6.